The first kappa shape index (κ1) is 9.52. The van der Waals surface area contributed by atoms with Crippen molar-refractivity contribution in [2.75, 3.05) is 26.2 Å². The molecule has 0 unspecified atom stereocenters. The van der Waals surface area contributed by atoms with E-state index in [1.54, 1.807) is 0 Å². The van der Waals surface area contributed by atoms with E-state index in [1.807, 2.05) is 18.7 Å². The van der Waals surface area contributed by atoms with Gasteiger partial charge in [-0.25, -0.2) is 0 Å². The van der Waals surface area contributed by atoms with Crippen LogP contribution in [-0.4, -0.2) is 37.0 Å². The molecule has 1 amide bonds. The molecule has 70 valence electrons. The van der Waals surface area contributed by atoms with Gasteiger partial charge in [0.25, 0.3) is 0 Å². The lowest BCUT2D eigenvalue weighted by atomic mass is 10.2. The van der Waals surface area contributed by atoms with E-state index < -0.39 is 0 Å². The molecule has 0 spiro atoms. The van der Waals surface area contributed by atoms with E-state index in [9.17, 15) is 4.79 Å². The van der Waals surface area contributed by atoms with Crippen LogP contribution < -0.4 is 4.90 Å². The lowest BCUT2D eigenvalue weighted by Gasteiger charge is -2.34. The molecular formula is C9H18N2O. The minimum atomic E-state index is 0.136. The van der Waals surface area contributed by atoms with Crippen molar-refractivity contribution in [1.82, 2.24) is 4.90 Å². The van der Waals surface area contributed by atoms with Crippen molar-refractivity contribution in [3.63, 3.8) is 0 Å². The predicted octanol–water partition coefficient (Wildman–Crippen LogP) is -0.839. The average Bonchev–Trinajstić information content (AvgIpc) is 2.04. The van der Waals surface area contributed by atoms with Crippen molar-refractivity contribution >= 4 is 5.91 Å². The van der Waals surface area contributed by atoms with Crippen LogP contribution in [0.25, 0.3) is 0 Å². The van der Waals surface area contributed by atoms with Gasteiger partial charge in [0.2, 0.25) is 5.91 Å². The number of carbonyl (C=O) groups excluding carboxylic acids is 1. The van der Waals surface area contributed by atoms with E-state index in [-0.39, 0.29) is 11.8 Å². The Morgan fingerprint density at radius 1 is 1.42 bits per heavy atom. The van der Waals surface area contributed by atoms with Crippen LogP contribution in [0.15, 0.2) is 0 Å². The van der Waals surface area contributed by atoms with Crippen molar-refractivity contribution in [3.8, 4) is 0 Å². The lowest BCUT2D eigenvalue weighted by molar-refractivity contribution is -0.858. The second kappa shape index (κ2) is 3.90. The minimum absolute atomic E-state index is 0.136. The third-order valence-corrected chi connectivity index (χ3v) is 2.28. The molecule has 1 saturated heterocycles. The van der Waals surface area contributed by atoms with E-state index >= 15 is 0 Å². The molecule has 3 nitrogen and oxygen atoms in total. The summed E-state index contributed by atoms with van der Waals surface area (Å²) in [4.78, 5) is 14.7. The molecule has 0 saturated carbocycles. The Balaban J connectivity index is 2.39. The molecule has 0 atom stereocenters. The number of rotatable bonds is 1. The Morgan fingerprint density at radius 2 is 1.92 bits per heavy atom. The lowest BCUT2D eigenvalue weighted by Crippen LogP contribution is -3.10. The van der Waals surface area contributed by atoms with Gasteiger partial charge in [-0.3, -0.25) is 4.79 Å². The summed E-state index contributed by atoms with van der Waals surface area (Å²) in [6.07, 6.45) is 0. The number of nitrogens with zero attached hydrogens (tertiary/aromatic N) is 1. The van der Waals surface area contributed by atoms with E-state index in [4.69, 9.17) is 0 Å². The number of nitrogens with one attached hydrogen (secondary N) is 1. The summed E-state index contributed by atoms with van der Waals surface area (Å²) in [5.41, 5.74) is 0. The second-order valence-electron chi connectivity index (χ2n) is 3.73. The van der Waals surface area contributed by atoms with Crippen LogP contribution in [0.2, 0.25) is 0 Å². The Kier molecular flexibility index (Phi) is 3.09. The van der Waals surface area contributed by atoms with Crippen LogP contribution in [0.3, 0.4) is 0 Å². The van der Waals surface area contributed by atoms with Gasteiger partial charge in [0.05, 0.1) is 26.2 Å². The highest BCUT2D eigenvalue weighted by Crippen LogP contribution is 2.00. The van der Waals surface area contributed by atoms with E-state index in [0.717, 1.165) is 26.2 Å². The molecule has 0 aliphatic carbocycles. The minimum Gasteiger partial charge on any atom is -0.465 e. The third kappa shape index (κ3) is 2.21. The van der Waals surface area contributed by atoms with Gasteiger partial charge in [0.15, 0.2) is 0 Å². The van der Waals surface area contributed by atoms with Crippen LogP contribution in [0.1, 0.15) is 13.8 Å². The van der Waals surface area contributed by atoms with Gasteiger partial charge >= 0.3 is 0 Å². The normalized spacial score (nSPS) is 20.2. The molecule has 1 aliphatic rings. The van der Waals surface area contributed by atoms with Gasteiger partial charge < -0.3 is 9.80 Å². The SMILES string of the molecule is [CH2-][NH+]1CCN(C(=O)C(C)C)CC1. The predicted molar refractivity (Wildman–Crippen MR) is 47.5 cm³/mol. The molecule has 0 aromatic rings. The highest BCUT2D eigenvalue weighted by molar-refractivity contribution is 5.78. The standard InChI is InChI=1S/C9H18N2O/c1-8(2)9(12)11-6-4-10(3)5-7-11/h8,10H,3-7H2,1-2H3. The van der Waals surface area contributed by atoms with Crippen molar-refractivity contribution in [1.29, 1.82) is 0 Å². The van der Waals surface area contributed by atoms with Crippen LogP contribution in [0, 0.1) is 13.0 Å². The van der Waals surface area contributed by atoms with Crippen LogP contribution in [-0.2, 0) is 4.79 Å². The van der Waals surface area contributed by atoms with Gasteiger partial charge in [0, 0.05) is 5.92 Å². The molecule has 1 aliphatic heterocycles. The van der Waals surface area contributed by atoms with Crippen LogP contribution >= 0.6 is 0 Å². The van der Waals surface area contributed by atoms with E-state index in [2.05, 4.69) is 7.05 Å². The van der Waals surface area contributed by atoms with Gasteiger partial charge in [-0.15, -0.1) is 0 Å². The zero-order valence-electron chi connectivity index (χ0n) is 7.97. The molecule has 1 heterocycles. The summed E-state index contributed by atoms with van der Waals surface area (Å²) in [6.45, 7) is 7.61. The summed E-state index contributed by atoms with van der Waals surface area (Å²) in [5, 5.41) is 0. The fourth-order valence-electron chi connectivity index (χ4n) is 1.41. The first-order valence-electron chi connectivity index (χ1n) is 4.56. The smallest absolute Gasteiger partial charge is 0.225 e. The maximum atomic E-state index is 11.5. The number of hydrogen-bond acceptors (Lipinski definition) is 1. The molecule has 1 fully saturated rings. The summed E-state index contributed by atoms with van der Waals surface area (Å²) < 4.78 is 0. The first-order chi connectivity index (χ1) is 5.61. The van der Waals surface area contributed by atoms with Crippen LogP contribution in [0.4, 0.5) is 0 Å². The monoisotopic (exact) mass is 170 g/mol. The summed E-state index contributed by atoms with van der Waals surface area (Å²) >= 11 is 0. The summed E-state index contributed by atoms with van der Waals surface area (Å²) in [7, 11) is 3.91. The Hall–Kier alpha value is -0.570. The highest BCUT2D eigenvalue weighted by Gasteiger charge is 2.20. The summed E-state index contributed by atoms with van der Waals surface area (Å²) in [6, 6.07) is 0. The van der Waals surface area contributed by atoms with Crippen molar-refractivity contribution in [2.24, 2.45) is 5.92 Å². The molecule has 0 bridgehead atoms. The average molecular weight is 170 g/mol. The van der Waals surface area contributed by atoms with Gasteiger partial charge in [-0.1, -0.05) is 13.8 Å². The maximum Gasteiger partial charge on any atom is 0.225 e. The van der Waals surface area contributed by atoms with Gasteiger partial charge in [-0.2, -0.15) is 7.05 Å². The first-order valence-corrected chi connectivity index (χ1v) is 4.56. The van der Waals surface area contributed by atoms with Crippen LogP contribution in [0.5, 0.6) is 0 Å². The molecule has 12 heavy (non-hydrogen) atoms. The molecule has 0 aromatic heterocycles. The number of hydrogen-bond donors (Lipinski definition) is 1. The van der Waals surface area contributed by atoms with Crippen molar-refractivity contribution in [2.45, 2.75) is 13.8 Å². The topological polar surface area (TPSA) is 24.8 Å². The van der Waals surface area contributed by atoms with E-state index in [0.29, 0.717) is 0 Å². The van der Waals surface area contributed by atoms with Gasteiger partial charge in [0.1, 0.15) is 0 Å². The Morgan fingerprint density at radius 3 is 2.33 bits per heavy atom. The van der Waals surface area contributed by atoms with Crippen molar-refractivity contribution in [3.05, 3.63) is 7.05 Å². The van der Waals surface area contributed by atoms with Crippen molar-refractivity contribution < 1.29 is 9.69 Å². The molecule has 0 aromatic carbocycles. The molecular weight excluding hydrogens is 152 g/mol. The summed E-state index contributed by atoms with van der Waals surface area (Å²) in [5.74, 6) is 0.416. The maximum absolute atomic E-state index is 11.5. The number of quaternary nitrogens is 1. The fourth-order valence-corrected chi connectivity index (χ4v) is 1.41. The molecule has 0 radical (unpaired) electrons. The van der Waals surface area contributed by atoms with E-state index in [1.165, 1.54) is 4.90 Å². The quantitative estimate of drug-likeness (QED) is 0.510. The molecule has 1 N–H and O–H groups in total. The fraction of sp³-hybridized carbons (Fsp3) is 0.778. The molecule has 1 rings (SSSR count). The second-order valence-corrected chi connectivity index (χ2v) is 3.73. The Bertz CT molecular complexity index is 160. The Labute approximate surface area is 74.3 Å². The zero-order chi connectivity index (χ0) is 9.14. The number of piperazine rings is 1. The zero-order valence-corrected chi connectivity index (χ0v) is 7.97. The highest BCUT2D eigenvalue weighted by atomic mass is 16.2. The largest absolute Gasteiger partial charge is 0.465 e. The third-order valence-electron chi connectivity index (χ3n) is 2.28. The number of amides is 1. The molecule has 3 heteroatoms. The van der Waals surface area contributed by atoms with Gasteiger partial charge in [-0.05, 0) is 0 Å². The number of carbonyl (C=O) groups is 1.